The first-order chi connectivity index (χ1) is 6.00. The Morgan fingerprint density at radius 1 is 1.54 bits per heavy atom. The number of carbonyl (C=O) groups excluding carboxylic acids is 1. The normalized spacial score (nSPS) is 9.69. The zero-order chi connectivity index (χ0) is 10.0. The van der Waals surface area contributed by atoms with Gasteiger partial charge in [0.25, 0.3) is 0 Å². The fourth-order valence-corrected chi connectivity index (χ4v) is 1.89. The van der Waals surface area contributed by atoms with E-state index in [4.69, 9.17) is 5.11 Å². The van der Waals surface area contributed by atoms with E-state index >= 15 is 0 Å². The summed E-state index contributed by atoms with van der Waals surface area (Å²) in [7, 11) is 0. The molecule has 0 aliphatic heterocycles. The minimum atomic E-state index is -0.967. The molecule has 0 unspecified atom stereocenters. The Morgan fingerprint density at radius 3 is 2.54 bits per heavy atom. The molecular formula is C8H9NO3S. The molecule has 0 radical (unpaired) electrons. The van der Waals surface area contributed by atoms with Crippen LogP contribution >= 0.6 is 11.3 Å². The van der Waals surface area contributed by atoms with Gasteiger partial charge in [0.1, 0.15) is 0 Å². The van der Waals surface area contributed by atoms with E-state index in [9.17, 15) is 9.59 Å². The third kappa shape index (κ3) is 2.29. The van der Waals surface area contributed by atoms with Gasteiger partial charge < -0.3 is 10.4 Å². The molecule has 0 saturated carbocycles. The van der Waals surface area contributed by atoms with Crippen molar-refractivity contribution in [2.45, 2.75) is 13.8 Å². The van der Waals surface area contributed by atoms with Gasteiger partial charge in [-0.3, -0.25) is 4.79 Å². The summed E-state index contributed by atoms with van der Waals surface area (Å²) in [5.74, 6) is -1.16. The molecule has 0 fully saturated rings. The number of aryl methyl sites for hydroxylation is 1. The number of carboxylic acid groups (broad SMARTS) is 1. The third-order valence-electron chi connectivity index (χ3n) is 1.45. The summed E-state index contributed by atoms with van der Waals surface area (Å²) in [5, 5.41) is 11.8. The van der Waals surface area contributed by atoms with Crippen LogP contribution in [0.15, 0.2) is 6.07 Å². The van der Waals surface area contributed by atoms with Gasteiger partial charge in [0.2, 0.25) is 5.91 Å². The smallest absolute Gasteiger partial charge is 0.336 e. The number of nitrogens with one attached hydrogen (secondary N) is 1. The van der Waals surface area contributed by atoms with Crippen LogP contribution in [0.2, 0.25) is 0 Å². The maximum Gasteiger partial charge on any atom is 0.336 e. The van der Waals surface area contributed by atoms with Gasteiger partial charge in [-0.15, -0.1) is 11.3 Å². The quantitative estimate of drug-likeness (QED) is 0.762. The van der Waals surface area contributed by atoms with Crippen LogP contribution in [0.25, 0.3) is 0 Å². The molecule has 0 spiro atoms. The number of aromatic carboxylic acids is 1. The van der Waals surface area contributed by atoms with Gasteiger partial charge in [-0.25, -0.2) is 4.79 Å². The summed E-state index contributed by atoms with van der Waals surface area (Å²) < 4.78 is 0. The fraction of sp³-hybridized carbons (Fsp3) is 0.250. The van der Waals surface area contributed by atoms with Crippen molar-refractivity contribution >= 4 is 28.2 Å². The Morgan fingerprint density at radius 2 is 2.15 bits per heavy atom. The van der Waals surface area contributed by atoms with Crippen LogP contribution in [0.4, 0.5) is 5.00 Å². The van der Waals surface area contributed by atoms with Crippen molar-refractivity contribution in [3.8, 4) is 0 Å². The van der Waals surface area contributed by atoms with Gasteiger partial charge in [-0.2, -0.15) is 0 Å². The number of rotatable bonds is 2. The van der Waals surface area contributed by atoms with Crippen LogP contribution in [-0.2, 0) is 4.79 Å². The maximum atomic E-state index is 10.7. The van der Waals surface area contributed by atoms with E-state index in [0.29, 0.717) is 9.88 Å². The van der Waals surface area contributed by atoms with Gasteiger partial charge in [-0.05, 0) is 13.0 Å². The third-order valence-corrected chi connectivity index (χ3v) is 2.41. The second kappa shape index (κ2) is 3.57. The fourth-order valence-electron chi connectivity index (χ4n) is 0.930. The van der Waals surface area contributed by atoms with E-state index in [1.54, 1.807) is 6.92 Å². The molecule has 0 bridgehead atoms. The van der Waals surface area contributed by atoms with Crippen LogP contribution in [0.5, 0.6) is 0 Å². The second-order valence-corrected chi connectivity index (χ2v) is 3.82. The summed E-state index contributed by atoms with van der Waals surface area (Å²) in [4.78, 5) is 22.0. The van der Waals surface area contributed by atoms with Crippen LogP contribution in [0, 0.1) is 6.92 Å². The number of hydrogen-bond donors (Lipinski definition) is 2. The standard InChI is InChI=1S/C8H9NO3S/c1-4-6(8(11)12)3-7(13-4)9-5(2)10/h3H,1-2H3,(H,9,10)(H,11,12). The SMILES string of the molecule is CC(=O)Nc1cc(C(=O)O)c(C)s1. The average Bonchev–Trinajstić information content (AvgIpc) is 2.29. The van der Waals surface area contributed by atoms with E-state index < -0.39 is 5.97 Å². The number of carboxylic acids is 1. The Bertz CT molecular complexity index is 356. The van der Waals surface area contributed by atoms with Gasteiger partial charge in [-0.1, -0.05) is 0 Å². The molecule has 0 aromatic carbocycles. The summed E-state index contributed by atoms with van der Waals surface area (Å²) in [5.41, 5.74) is 0.244. The molecule has 1 rings (SSSR count). The van der Waals surface area contributed by atoms with E-state index in [-0.39, 0.29) is 11.5 Å². The molecule has 2 N–H and O–H groups in total. The maximum absolute atomic E-state index is 10.7. The topological polar surface area (TPSA) is 66.4 Å². The molecular weight excluding hydrogens is 190 g/mol. The summed E-state index contributed by atoms with van der Waals surface area (Å²) in [6.07, 6.45) is 0. The molecule has 1 aromatic heterocycles. The van der Waals surface area contributed by atoms with E-state index in [2.05, 4.69) is 5.32 Å². The van der Waals surface area contributed by atoms with Crippen molar-refractivity contribution in [1.82, 2.24) is 0 Å². The zero-order valence-corrected chi connectivity index (χ0v) is 8.07. The predicted molar refractivity (Wildman–Crippen MR) is 50.3 cm³/mol. The van der Waals surface area contributed by atoms with Crippen LogP contribution in [0.1, 0.15) is 22.2 Å². The van der Waals surface area contributed by atoms with Crippen LogP contribution in [0.3, 0.4) is 0 Å². The first kappa shape index (κ1) is 9.73. The largest absolute Gasteiger partial charge is 0.478 e. The number of carbonyl (C=O) groups is 2. The monoisotopic (exact) mass is 199 g/mol. The molecule has 13 heavy (non-hydrogen) atoms. The van der Waals surface area contributed by atoms with Gasteiger partial charge in [0.05, 0.1) is 10.6 Å². The Kier molecular flexibility index (Phi) is 2.67. The highest BCUT2D eigenvalue weighted by molar-refractivity contribution is 7.16. The lowest BCUT2D eigenvalue weighted by Crippen LogP contribution is -2.03. The van der Waals surface area contributed by atoms with Gasteiger partial charge in [0, 0.05) is 11.8 Å². The lowest BCUT2D eigenvalue weighted by Gasteiger charge is -1.93. The highest BCUT2D eigenvalue weighted by Gasteiger charge is 2.11. The molecule has 0 aliphatic carbocycles. The van der Waals surface area contributed by atoms with Crippen molar-refractivity contribution in [2.75, 3.05) is 5.32 Å². The second-order valence-electron chi connectivity index (χ2n) is 2.57. The van der Waals surface area contributed by atoms with Gasteiger partial charge >= 0.3 is 5.97 Å². The molecule has 1 amide bonds. The lowest BCUT2D eigenvalue weighted by molar-refractivity contribution is -0.114. The predicted octanol–water partition coefficient (Wildman–Crippen LogP) is 1.71. The Labute approximate surface area is 79.2 Å². The van der Waals surface area contributed by atoms with Crippen LogP contribution in [-0.4, -0.2) is 17.0 Å². The highest BCUT2D eigenvalue weighted by atomic mass is 32.1. The molecule has 0 saturated heterocycles. The first-order valence-corrected chi connectivity index (χ1v) is 4.43. The van der Waals surface area contributed by atoms with Crippen molar-refractivity contribution in [1.29, 1.82) is 0 Å². The number of amides is 1. The minimum absolute atomic E-state index is 0.196. The van der Waals surface area contributed by atoms with Gasteiger partial charge in [0.15, 0.2) is 0 Å². The number of thiophene rings is 1. The summed E-state index contributed by atoms with van der Waals surface area (Å²) in [6, 6.07) is 1.46. The van der Waals surface area contributed by atoms with E-state index in [1.165, 1.54) is 24.3 Å². The molecule has 5 heteroatoms. The lowest BCUT2D eigenvalue weighted by atomic mass is 10.3. The average molecular weight is 199 g/mol. The van der Waals surface area contributed by atoms with Crippen LogP contribution < -0.4 is 5.32 Å². The molecule has 4 nitrogen and oxygen atoms in total. The molecule has 1 heterocycles. The summed E-state index contributed by atoms with van der Waals surface area (Å²) in [6.45, 7) is 3.09. The van der Waals surface area contributed by atoms with E-state index in [1.807, 2.05) is 0 Å². The number of anilines is 1. The minimum Gasteiger partial charge on any atom is -0.478 e. The number of hydrogen-bond acceptors (Lipinski definition) is 3. The molecule has 1 aromatic rings. The Balaban J connectivity index is 2.95. The van der Waals surface area contributed by atoms with E-state index in [0.717, 1.165) is 0 Å². The Hall–Kier alpha value is -1.36. The zero-order valence-electron chi connectivity index (χ0n) is 7.25. The first-order valence-electron chi connectivity index (χ1n) is 3.62. The summed E-state index contributed by atoms with van der Waals surface area (Å²) >= 11 is 1.26. The van der Waals surface area contributed by atoms with Crippen molar-refractivity contribution in [3.63, 3.8) is 0 Å². The molecule has 70 valence electrons. The van der Waals surface area contributed by atoms with Crippen molar-refractivity contribution < 1.29 is 14.7 Å². The molecule has 0 aliphatic rings. The van der Waals surface area contributed by atoms with Crippen molar-refractivity contribution in [3.05, 3.63) is 16.5 Å². The van der Waals surface area contributed by atoms with Crippen molar-refractivity contribution in [2.24, 2.45) is 0 Å². The molecule has 0 atom stereocenters. The highest BCUT2D eigenvalue weighted by Crippen LogP contribution is 2.26.